The molecule has 0 aliphatic carbocycles. The summed E-state index contributed by atoms with van der Waals surface area (Å²) in [6.07, 6.45) is 1.56. The van der Waals surface area contributed by atoms with E-state index in [2.05, 4.69) is 5.32 Å². The second-order valence-electron chi connectivity index (χ2n) is 10.1. The van der Waals surface area contributed by atoms with Crippen LogP contribution in [0.15, 0.2) is 95.6 Å². The Bertz CT molecular complexity index is 1750. The molecule has 1 aliphatic heterocycles. The molecule has 0 saturated carbocycles. The molecular weight excluding hydrogens is 584 g/mol. The van der Waals surface area contributed by atoms with Crippen molar-refractivity contribution in [1.29, 1.82) is 0 Å². The van der Waals surface area contributed by atoms with E-state index in [9.17, 15) is 9.59 Å². The number of amides is 2. The van der Waals surface area contributed by atoms with E-state index in [1.54, 1.807) is 35.1 Å². The number of thioether (sulfide) groups is 1. The summed E-state index contributed by atoms with van der Waals surface area (Å²) in [5, 5.41) is 8.28. The summed E-state index contributed by atoms with van der Waals surface area (Å²) in [6.45, 7) is 2.04. The van der Waals surface area contributed by atoms with E-state index < -0.39 is 0 Å². The molecule has 2 aromatic heterocycles. The van der Waals surface area contributed by atoms with Crippen molar-refractivity contribution < 1.29 is 18.7 Å². The number of fused-ring (bicyclic) bond motifs is 1. The van der Waals surface area contributed by atoms with E-state index in [0.29, 0.717) is 28.0 Å². The molecule has 0 fully saturated rings. The highest BCUT2D eigenvalue weighted by Gasteiger charge is 2.38. The van der Waals surface area contributed by atoms with Gasteiger partial charge in [-0.25, -0.2) is 4.68 Å². The third-order valence-electron chi connectivity index (χ3n) is 7.25. The number of carbonyl (C=O) groups is 2. The van der Waals surface area contributed by atoms with Gasteiger partial charge in [0.1, 0.15) is 23.9 Å². The standard InChI is InChI=1S/C33H29ClN4O4S/c1-21-9-15-24(16-10-21)38-33-30(31(36-38)22-11-13-23(34)14-12-22)32(26-7-3-4-8-27(26)41-2)43-20-29(40)37(33)19-28(39)35-18-25-6-5-17-42-25/h3-17,32H,18-20H2,1-2H3,(H,35,39). The molecule has 2 amide bonds. The lowest BCUT2D eigenvalue weighted by atomic mass is 9.99. The van der Waals surface area contributed by atoms with E-state index >= 15 is 0 Å². The molecule has 0 spiro atoms. The van der Waals surface area contributed by atoms with Crippen LogP contribution in [0.1, 0.15) is 27.7 Å². The van der Waals surface area contributed by atoms with Crippen LogP contribution in [0.3, 0.4) is 0 Å². The fourth-order valence-electron chi connectivity index (χ4n) is 5.13. The Balaban J connectivity index is 1.56. The maximum absolute atomic E-state index is 13.9. The number of halogens is 1. The molecule has 0 bridgehead atoms. The first-order valence-electron chi connectivity index (χ1n) is 13.7. The average molecular weight is 613 g/mol. The summed E-state index contributed by atoms with van der Waals surface area (Å²) < 4.78 is 12.9. The predicted octanol–water partition coefficient (Wildman–Crippen LogP) is 6.59. The number of hydrogen-bond acceptors (Lipinski definition) is 6. The minimum Gasteiger partial charge on any atom is -0.496 e. The van der Waals surface area contributed by atoms with Gasteiger partial charge in [0.15, 0.2) is 0 Å². The number of benzene rings is 3. The zero-order valence-electron chi connectivity index (χ0n) is 23.6. The molecule has 1 unspecified atom stereocenters. The Morgan fingerprint density at radius 2 is 1.84 bits per heavy atom. The first kappa shape index (κ1) is 28.6. The van der Waals surface area contributed by atoms with E-state index in [0.717, 1.165) is 27.9 Å². The zero-order chi connectivity index (χ0) is 29.9. The largest absolute Gasteiger partial charge is 0.496 e. The lowest BCUT2D eigenvalue weighted by Gasteiger charge is -2.23. The summed E-state index contributed by atoms with van der Waals surface area (Å²) in [4.78, 5) is 28.8. The number of hydrogen-bond donors (Lipinski definition) is 1. The van der Waals surface area contributed by atoms with E-state index in [-0.39, 0.29) is 35.9 Å². The van der Waals surface area contributed by atoms with Gasteiger partial charge in [-0.3, -0.25) is 14.5 Å². The Hall–Kier alpha value is -4.47. The SMILES string of the molecule is COc1ccccc1C1SCC(=O)N(CC(=O)NCc2ccco2)c2c1c(-c1ccc(Cl)cc1)nn2-c1ccc(C)cc1. The number of methoxy groups -OCH3 is 1. The zero-order valence-corrected chi connectivity index (χ0v) is 25.2. The summed E-state index contributed by atoms with van der Waals surface area (Å²) >= 11 is 7.75. The highest BCUT2D eigenvalue weighted by Crippen LogP contribution is 2.50. The molecule has 10 heteroatoms. The number of nitrogens with zero attached hydrogens (tertiary/aromatic N) is 3. The molecule has 8 nitrogen and oxygen atoms in total. The number of para-hydroxylation sites is 1. The molecule has 3 aromatic carbocycles. The first-order chi connectivity index (χ1) is 20.9. The van der Waals surface area contributed by atoms with Gasteiger partial charge in [-0.05, 0) is 49.4 Å². The van der Waals surface area contributed by atoms with E-state index in [4.69, 9.17) is 25.9 Å². The molecule has 1 aliphatic rings. The summed E-state index contributed by atoms with van der Waals surface area (Å²) in [7, 11) is 1.64. The molecule has 43 heavy (non-hydrogen) atoms. The third kappa shape index (κ3) is 5.91. The highest BCUT2D eigenvalue weighted by molar-refractivity contribution is 8.00. The quantitative estimate of drug-likeness (QED) is 0.213. The normalized spacial score (nSPS) is 14.7. The predicted molar refractivity (Wildman–Crippen MR) is 169 cm³/mol. The van der Waals surface area contributed by atoms with Crippen LogP contribution in [0.5, 0.6) is 5.75 Å². The monoisotopic (exact) mass is 612 g/mol. The first-order valence-corrected chi connectivity index (χ1v) is 15.2. The van der Waals surface area contributed by atoms with Gasteiger partial charge in [0, 0.05) is 21.7 Å². The fourth-order valence-corrected chi connectivity index (χ4v) is 6.48. The minimum atomic E-state index is -0.323. The topological polar surface area (TPSA) is 89.6 Å². The van der Waals surface area contributed by atoms with Crippen LogP contribution in [0.25, 0.3) is 16.9 Å². The van der Waals surface area contributed by atoms with Crippen LogP contribution in [0, 0.1) is 6.92 Å². The van der Waals surface area contributed by atoms with Crippen molar-refractivity contribution in [2.75, 3.05) is 24.3 Å². The molecule has 5 aromatic rings. The van der Waals surface area contributed by atoms with Crippen molar-refractivity contribution in [2.24, 2.45) is 0 Å². The smallest absolute Gasteiger partial charge is 0.240 e. The molecule has 6 rings (SSSR count). The van der Waals surface area contributed by atoms with Gasteiger partial charge in [0.25, 0.3) is 0 Å². The molecule has 218 valence electrons. The van der Waals surface area contributed by atoms with Gasteiger partial charge < -0.3 is 14.5 Å². The van der Waals surface area contributed by atoms with Gasteiger partial charge in [-0.15, -0.1) is 11.8 Å². The molecule has 0 radical (unpaired) electrons. The van der Waals surface area contributed by atoms with Gasteiger partial charge in [-0.2, -0.15) is 5.10 Å². The number of aromatic nitrogens is 2. The van der Waals surface area contributed by atoms with Crippen LogP contribution in [-0.4, -0.2) is 41.0 Å². The summed E-state index contributed by atoms with van der Waals surface area (Å²) in [6, 6.07) is 26.7. The van der Waals surface area contributed by atoms with Crippen LogP contribution < -0.4 is 15.0 Å². The van der Waals surface area contributed by atoms with Crippen LogP contribution >= 0.6 is 23.4 Å². The molecule has 1 atom stereocenters. The Labute approximate surface area is 258 Å². The maximum Gasteiger partial charge on any atom is 0.240 e. The molecule has 0 saturated heterocycles. The Kier molecular flexibility index (Phi) is 8.26. The second-order valence-corrected chi connectivity index (χ2v) is 11.6. The third-order valence-corrected chi connectivity index (χ3v) is 8.74. The highest BCUT2D eigenvalue weighted by atomic mass is 35.5. The van der Waals surface area contributed by atoms with Crippen molar-refractivity contribution in [3.05, 3.63) is 119 Å². The van der Waals surface area contributed by atoms with Crippen molar-refractivity contribution in [2.45, 2.75) is 18.7 Å². The number of anilines is 1. The van der Waals surface area contributed by atoms with Crippen LogP contribution in [0.2, 0.25) is 5.02 Å². The number of carbonyl (C=O) groups excluding carboxylic acids is 2. The van der Waals surface area contributed by atoms with Crippen molar-refractivity contribution in [3.63, 3.8) is 0 Å². The minimum absolute atomic E-state index is 0.150. The number of aryl methyl sites for hydroxylation is 1. The number of nitrogens with one attached hydrogen (secondary N) is 1. The lowest BCUT2D eigenvalue weighted by Crippen LogP contribution is -2.42. The number of ether oxygens (including phenoxy) is 1. The van der Waals surface area contributed by atoms with Gasteiger partial charge in [0.05, 0.1) is 42.3 Å². The van der Waals surface area contributed by atoms with Crippen molar-refractivity contribution >= 4 is 41.0 Å². The molecule has 1 N–H and O–H groups in total. The van der Waals surface area contributed by atoms with Gasteiger partial charge in [0.2, 0.25) is 11.8 Å². The van der Waals surface area contributed by atoms with E-state index in [1.807, 2.05) is 79.7 Å². The molecule has 3 heterocycles. The van der Waals surface area contributed by atoms with Crippen LogP contribution in [0.4, 0.5) is 5.82 Å². The fraction of sp³-hybridized carbons (Fsp3) is 0.182. The summed E-state index contributed by atoms with van der Waals surface area (Å²) in [5.41, 5.74) is 5.10. The van der Waals surface area contributed by atoms with Gasteiger partial charge in [-0.1, -0.05) is 59.6 Å². The Morgan fingerprint density at radius 1 is 1.07 bits per heavy atom. The van der Waals surface area contributed by atoms with E-state index in [1.165, 1.54) is 11.8 Å². The second kappa shape index (κ2) is 12.4. The average Bonchev–Trinajstić information content (AvgIpc) is 3.66. The number of furan rings is 1. The van der Waals surface area contributed by atoms with Crippen LogP contribution in [-0.2, 0) is 16.1 Å². The molecular formula is C33H29ClN4O4S. The number of rotatable bonds is 8. The van der Waals surface area contributed by atoms with Gasteiger partial charge >= 0.3 is 0 Å². The van der Waals surface area contributed by atoms with Crippen molar-refractivity contribution in [1.82, 2.24) is 15.1 Å². The van der Waals surface area contributed by atoms with Crippen molar-refractivity contribution in [3.8, 4) is 22.7 Å². The Morgan fingerprint density at radius 3 is 2.56 bits per heavy atom. The lowest BCUT2D eigenvalue weighted by molar-refractivity contribution is -0.123. The summed E-state index contributed by atoms with van der Waals surface area (Å²) in [5.74, 6) is 1.49. The maximum atomic E-state index is 13.9.